The summed E-state index contributed by atoms with van der Waals surface area (Å²) in [6, 6.07) is 9.55. The Hall–Kier alpha value is -1.80. The zero-order chi connectivity index (χ0) is 22.6. The molecule has 1 heterocycles. The molecule has 9 heteroatoms. The van der Waals surface area contributed by atoms with E-state index in [1.165, 1.54) is 24.3 Å². The number of amides is 1. The first-order valence-electron chi connectivity index (χ1n) is 10.1. The molecule has 0 spiro atoms. The summed E-state index contributed by atoms with van der Waals surface area (Å²) in [5, 5.41) is 4.07. The highest BCUT2D eigenvalue weighted by atomic mass is 35.5. The van der Waals surface area contributed by atoms with E-state index in [0.29, 0.717) is 27.9 Å². The average molecular weight is 485 g/mol. The molecule has 168 valence electrons. The Morgan fingerprint density at radius 3 is 2.39 bits per heavy atom. The predicted molar refractivity (Wildman–Crippen MR) is 123 cm³/mol. The van der Waals surface area contributed by atoms with Gasteiger partial charge in [0.15, 0.2) is 9.84 Å². The highest BCUT2D eigenvalue weighted by molar-refractivity contribution is 7.90. The topological polar surface area (TPSA) is 75.7 Å². The van der Waals surface area contributed by atoms with Crippen LogP contribution < -0.4 is 10.1 Å². The van der Waals surface area contributed by atoms with Crippen molar-refractivity contribution in [3.8, 4) is 5.75 Å². The lowest BCUT2D eigenvalue weighted by Crippen LogP contribution is -2.42. The van der Waals surface area contributed by atoms with Gasteiger partial charge in [-0.25, -0.2) is 8.42 Å². The number of likely N-dealkylation sites (tertiary alicyclic amines) is 1. The predicted octanol–water partition coefficient (Wildman–Crippen LogP) is 3.98. The van der Waals surface area contributed by atoms with E-state index in [9.17, 15) is 13.2 Å². The van der Waals surface area contributed by atoms with E-state index < -0.39 is 9.84 Å². The monoisotopic (exact) mass is 484 g/mol. The average Bonchev–Trinajstić information content (AvgIpc) is 2.74. The molecule has 0 bridgehead atoms. The molecular formula is C22H26Cl2N2O4S. The van der Waals surface area contributed by atoms with Crippen molar-refractivity contribution in [2.45, 2.75) is 30.8 Å². The third-order valence-electron chi connectivity index (χ3n) is 5.37. The molecule has 6 nitrogen and oxygen atoms in total. The molecule has 0 aromatic heterocycles. The smallest absolute Gasteiger partial charge is 0.251 e. The van der Waals surface area contributed by atoms with Gasteiger partial charge in [0.1, 0.15) is 11.9 Å². The molecule has 1 aliphatic heterocycles. The number of nitrogens with one attached hydrogen (secondary N) is 1. The standard InChI is InChI=1S/C22H26Cl2N2O4S/c1-15-19(23)7-8-20(21(15)24)30-17-9-12-26(13-10-17)14-11-25-22(27)16-3-5-18(6-4-16)31(2,28)29/h3-8,17H,9-14H2,1-2H3,(H,25,27). The van der Waals surface area contributed by atoms with Crippen LogP contribution in [0.3, 0.4) is 0 Å². The largest absolute Gasteiger partial charge is 0.489 e. The Bertz CT molecular complexity index is 1030. The highest BCUT2D eigenvalue weighted by Crippen LogP contribution is 2.34. The van der Waals surface area contributed by atoms with Crippen LogP contribution in [0.5, 0.6) is 5.75 Å². The summed E-state index contributed by atoms with van der Waals surface area (Å²) in [6.45, 7) is 4.86. The van der Waals surface area contributed by atoms with Gasteiger partial charge < -0.3 is 15.0 Å². The molecular weight excluding hydrogens is 459 g/mol. The number of halogens is 2. The third-order valence-corrected chi connectivity index (χ3v) is 7.38. The molecule has 0 unspecified atom stereocenters. The highest BCUT2D eigenvalue weighted by Gasteiger charge is 2.22. The summed E-state index contributed by atoms with van der Waals surface area (Å²) in [6.07, 6.45) is 2.98. The minimum absolute atomic E-state index is 0.0947. The molecule has 31 heavy (non-hydrogen) atoms. The number of rotatable bonds is 7. The number of benzene rings is 2. The summed E-state index contributed by atoms with van der Waals surface area (Å²) in [5.74, 6) is 0.446. The van der Waals surface area contributed by atoms with Gasteiger partial charge in [-0.3, -0.25) is 4.79 Å². The van der Waals surface area contributed by atoms with Crippen LogP contribution in [0.4, 0.5) is 0 Å². The van der Waals surface area contributed by atoms with Crippen LogP contribution in [0, 0.1) is 6.92 Å². The first-order chi connectivity index (χ1) is 14.6. The van der Waals surface area contributed by atoms with Crippen molar-refractivity contribution in [2.75, 3.05) is 32.4 Å². The molecule has 0 aliphatic carbocycles. The normalized spacial score (nSPS) is 15.6. The van der Waals surface area contributed by atoms with E-state index >= 15 is 0 Å². The number of sulfone groups is 1. The molecule has 0 atom stereocenters. The fourth-order valence-corrected chi connectivity index (χ4v) is 4.49. The second kappa shape index (κ2) is 10.2. The first kappa shape index (κ1) is 23.9. The number of carbonyl (C=O) groups excluding carboxylic acids is 1. The van der Waals surface area contributed by atoms with Gasteiger partial charge in [-0.15, -0.1) is 0 Å². The lowest BCUT2D eigenvalue weighted by atomic mass is 10.1. The molecule has 1 fully saturated rings. The van der Waals surface area contributed by atoms with Crippen LogP contribution in [0.15, 0.2) is 41.3 Å². The van der Waals surface area contributed by atoms with Crippen LogP contribution in [0.1, 0.15) is 28.8 Å². The second-order valence-electron chi connectivity index (χ2n) is 7.70. The van der Waals surface area contributed by atoms with Gasteiger partial charge in [-0.05, 0) is 61.7 Å². The van der Waals surface area contributed by atoms with E-state index in [1.807, 2.05) is 13.0 Å². The lowest BCUT2D eigenvalue weighted by Gasteiger charge is -2.32. The van der Waals surface area contributed by atoms with Gasteiger partial charge in [0.2, 0.25) is 0 Å². The summed E-state index contributed by atoms with van der Waals surface area (Å²) < 4.78 is 29.1. The van der Waals surface area contributed by atoms with Crippen molar-refractivity contribution in [3.63, 3.8) is 0 Å². The number of hydrogen-bond donors (Lipinski definition) is 1. The van der Waals surface area contributed by atoms with E-state index in [4.69, 9.17) is 27.9 Å². The van der Waals surface area contributed by atoms with Crippen LogP contribution in [-0.4, -0.2) is 57.8 Å². The number of carbonyl (C=O) groups is 1. The van der Waals surface area contributed by atoms with Crippen molar-refractivity contribution in [1.29, 1.82) is 0 Å². The molecule has 1 N–H and O–H groups in total. The zero-order valence-electron chi connectivity index (χ0n) is 17.5. The summed E-state index contributed by atoms with van der Waals surface area (Å²) in [7, 11) is -3.27. The fourth-order valence-electron chi connectivity index (χ4n) is 3.44. The minimum Gasteiger partial charge on any atom is -0.489 e. The Morgan fingerprint density at radius 1 is 1.13 bits per heavy atom. The van der Waals surface area contributed by atoms with Crippen molar-refractivity contribution in [3.05, 3.63) is 57.6 Å². The van der Waals surface area contributed by atoms with Crippen molar-refractivity contribution in [2.24, 2.45) is 0 Å². The molecule has 2 aromatic rings. The summed E-state index contributed by atoms with van der Waals surface area (Å²) in [4.78, 5) is 14.7. The second-order valence-corrected chi connectivity index (χ2v) is 10.5. The SMILES string of the molecule is Cc1c(Cl)ccc(OC2CCN(CCNC(=O)c3ccc(S(C)(=O)=O)cc3)CC2)c1Cl. The number of ether oxygens (including phenoxy) is 1. The van der Waals surface area contributed by atoms with E-state index in [1.54, 1.807) is 6.07 Å². The van der Waals surface area contributed by atoms with Crippen molar-refractivity contribution in [1.82, 2.24) is 10.2 Å². The number of nitrogens with zero attached hydrogens (tertiary/aromatic N) is 1. The molecule has 0 radical (unpaired) electrons. The molecule has 3 rings (SSSR count). The fraction of sp³-hybridized carbons (Fsp3) is 0.409. The summed E-state index contributed by atoms with van der Waals surface area (Å²) in [5.41, 5.74) is 1.26. The maximum Gasteiger partial charge on any atom is 0.251 e. The Kier molecular flexibility index (Phi) is 7.86. The third kappa shape index (κ3) is 6.35. The Labute approximate surface area is 193 Å². The van der Waals surface area contributed by atoms with Gasteiger partial charge in [-0.2, -0.15) is 0 Å². The van der Waals surface area contributed by atoms with Gasteiger partial charge in [-0.1, -0.05) is 23.2 Å². The maximum atomic E-state index is 12.3. The van der Waals surface area contributed by atoms with Gasteiger partial charge in [0.25, 0.3) is 5.91 Å². The van der Waals surface area contributed by atoms with E-state index in [2.05, 4.69) is 10.2 Å². The zero-order valence-corrected chi connectivity index (χ0v) is 19.9. The van der Waals surface area contributed by atoms with E-state index in [-0.39, 0.29) is 16.9 Å². The van der Waals surface area contributed by atoms with Crippen LogP contribution in [0.2, 0.25) is 10.0 Å². The number of hydrogen-bond acceptors (Lipinski definition) is 5. The van der Waals surface area contributed by atoms with E-state index in [0.717, 1.165) is 44.3 Å². The van der Waals surface area contributed by atoms with Crippen LogP contribution in [0.25, 0.3) is 0 Å². The molecule has 0 saturated carbocycles. The Morgan fingerprint density at radius 2 is 1.77 bits per heavy atom. The van der Waals surface area contributed by atoms with Crippen LogP contribution >= 0.6 is 23.2 Å². The minimum atomic E-state index is -3.27. The van der Waals surface area contributed by atoms with Gasteiger partial charge >= 0.3 is 0 Å². The first-order valence-corrected chi connectivity index (χ1v) is 12.7. The molecule has 1 aliphatic rings. The lowest BCUT2D eigenvalue weighted by molar-refractivity contribution is 0.0905. The molecule has 2 aromatic carbocycles. The van der Waals surface area contributed by atoms with Crippen molar-refractivity contribution >= 4 is 38.9 Å². The summed E-state index contributed by atoms with van der Waals surface area (Å²) >= 11 is 12.4. The number of piperidine rings is 1. The Balaban J connectivity index is 1.41. The molecule has 1 saturated heterocycles. The van der Waals surface area contributed by atoms with Gasteiger partial charge in [0.05, 0.1) is 9.92 Å². The molecule has 1 amide bonds. The quantitative estimate of drug-likeness (QED) is 0.642. The van der Waals surface area contributed by atoms with Gasteiger partial charge in [0, 0.05) is 43.0 Å². The van der Waals surface area contributed by atoms with Crippen LogP contribution in [-0.2, 0) is 9.84 Å². The van der Waals surface area contributed by atoms with Crippen molar-refractivity contribution < 1.29 is 17.9 Å². The maximum absolute atomic E-state index is 12.3.